The number of ether oxygens (including phenoxy) is 1. The highest BCUT2D eigenvalue weighted by Gasteiger charge is 2.33. The number of nitrogens with zero attached hydrogens (tertiary/aromatic N) is 3. The summed E-state index contributed by atoms with van der Waals surface area (Å²) in [7, 11) is 1.80. The molecule has 190 valence electrons. The van der Waals surface area contributed by atoms with E-state index in [0.29, 0.717) is 45.1 Å². The first-order valence-corrected chi connectivity index (χ1v) is 11.1. The number of rotatable bonds is 9. The van der Waals surface area contributed by atoms with Crippen molar-refractivity contribution in [3.05, 3.63) is 59.9 Å². The van der Waals surface area contributed by atoms with Crippen molar-refractivity contribution in [1.82, 2.24) is 14.7 Å². The summed E-state index contributed by atoms with van der Waals surface area (Å²) in [6.45, 7) is 2.71. The zero-order chi connectivity index (χ0) is 25.4. The van der Waals surface area contributed by atoms with Crippen molar-refractivity contribution in [2.24, 2.45) is 0 Å². The third-order valence-corrected chi connectivity index (χ3v) is 5.56. The van der Waals surface area contributed by atoms with E-state index >= 15 is 0 Å². The van der Waals surface area contributed by atoms with Crippen molar-refractivity contribution in [3.8, 4) is 5.75 Å². The van der Waals surface area contributed by atoms with E-state index in [4.69, 9.17) is 4.74 Å². The smallest absolute Gasteiger partial charge is 0.418 e. The minimum atomic E-state index is -4.56. The van der Waals surface area contributed by atoms with E-state index in [1.54, 1.807) is 16.8 Å². The van der Waals surface area contributed by atoms with Crippen LogP contribution in [0.4, 0.5) is 23.2 Å². The van der Waals surface area contributed by atoms with Crippen LogP contribution in [0.25, 0.3) is 0 Å². The topological polar surface area (TPSA) is 65.1 Å². The lowest BCUT2D eigenvalue weighted by molar-refractivity contribution is -0.137. The largest absolute Gasteiger partial charge is 0.492 e. The van der Waals surface area contributed by atoms with Gasteiger partial charge >= 0.3 is 6.18 Å². The Morgan fingerprint density at radius 1 is 1.03 bits per heavy atom. The van der Waals surface area contributed by atoms with Gasteiger partial charge in [-0.1, -0.05) is 12.1 Å². The Kier molecular flexibility index (Phi) is 9.05. The monoisotopic (exact) mass is 496 g/mol. The van der Waals surface area contributed by atoms with Gasteiger partial charge in [0.05, 0.1) is 24.3 Å². The number of benzene rings is 2. The lowest BCUT2D eigenvalue weighted by Gasteiger charge is -2.35. The van der Waals surface area contributed by atoms with Crippen molar-refractivity contribution in [2.75, 3.05) is 64.8 Å². The first kappa shape index (κ1) is 26.4. The maximum absolute atomic E-state index is 13.1. The highest BCUT2D eigenvalue weighted by molar-refractivity contribution is 5.93. The summed E-state index contributed by atoms with van der Waals surface area (Å²) in [4.78, 5) is 30.2. The second kappa shape index (κ2) is 12.0. The van der Waals surface area contributed by atoms with Crippen LogP contribution in [0, 0.1) is 5.82 Å². The van der Waals surface area contributed by atoms with E-state index in [2.05, 4.69) is 5.32 Å². The van der Waals surface area contributed by atoms with Crippen LogP contribution in [0.15, 0.2) is 48.5 Å². The number of carbonyl (C=O) groups excluding carboxylic acids is 2. The van der Waals surface area contributed by atoms with Gasteiger partial charge in [-0.25, -0.2) is 4.39 Å². The van der Waals surface area contributed by atoms with Gasteiger partial charge in [0.15, 0.2) is 0 Å². The van der Waals surface area contributed by atoms with Gasteiger partial charge in [-0.3, -0.25) is 19.4 Å². The van der Waals surface area contributed by atoms with Gasteiger partial charge in [0.2, 0.25) is 11.8 Å². The molecule has 7 nitrogen and oxygen atoms in total. The molecule has 1 aliphatic rings. The average molecular weight is 497 g/mol. The van der Waals surface area contributed by atoms with Crippen molar-refractivity contribution in [3.63, 3.8) is 0 Å². The Bertz CT molecular complexity index is 993. The van der Waals surface area contributed by atoms with E-state index in [0.717, 1.165) is 6.07 Å². The second-order valence-corrected chi connectivity index (χ2v) is 8.29. The average Bonchev–Trinajstić information content (AvgIpc) is 2.80. The number of anilines is 1. The number of carbonyl (C=O) groups is 2. The fourth-order valence-electron chi connectivity index (χ4n) is 3.65. The highest BCUT2D eigenvalue weighted by atomic mass is 19.4. The van der Waals surface area contributed by atoms with Crippen LogP contribution in [0.5, 0.6) is 5.75 Å². The van der Waals surface area contributed by atoms with Gasteiger partial charge in [0.25, 0.3) is 0 Å². The predicted octanol–water partition coefficient (Wildman–Crippen LogP) is 2.94. The van der Waals surface area contributed by atoms with E-state index in [9.17, 15) is 27.2 Å². The highest BCUT2D eigenvalue weighted by Crippen LogP contribution is 2.34. The Labute approximate surface area is 201 Å². The lowest BCUT2D eigenvalue weighted by Crippen LogP contribution is -2.52. The summed E-state index contributed by atoms with van der Waals surface area (Å²) >= 11 is 0. The molecule has 0 atom stereocenters. The SMILES string of the molecule is CN(CCOc1ccc(F)cc1)CC(=O)N1CCN(CC(=O)Nc2ccccc2C(F)(F)F)CC1. The van der Waals surface area contributed by atoms with Crippen LogP contribution in [0.1, 0.15) is 5.56 Å². The summed E-state index contributed by atoms with van der Waals surface area (Å²) in [5.74, 6) is -0.388. The number of hydrogen-bond donors (Lipinski definition) is 1. The fraction of sp³-hybridized carbons (Fsp3) is 0.417. The Morgan fingerprint density at radius 2 is 1.69 bits per heavy atom. The van der Waals surface area contributed by atoms with Crippen molar-refractivity contribution < 1.29 is 31.9 Å². The molecule has 1 saturated heterocycles. The maximum Gasteiger partial charge on any atom is 0.418 e. The number of halogens is 4. The van der Waals surface area contributed by atoms with Crippen LogP contribution in [-0.2, 0) is 15.8 Å². The normalized spacial score (nSPS) is 14.7. The number of hydrogen-bond acceptors (Lipinski definition) is 5. The van der Waals surface area contributed by atoms with Gasteiger partial charge in [0.1, 0.15) is 18.2 Å². The molecule has 2 aromatic carbocycles. The van der Waals surface area contributed by atoms with Gasteiger partial charge in [-0.05, 0) is 43.4 Å². The molecule has 35 heavy (non-hydrogen) atoms. The number of nitrogens with one attached hydrogen (secondary N) is 1. The van der Waals surface area contributed by atoms with Crippen molar-refractivity contribution >= 4 is 17.5 Å². The van der Waals surface area contributed by atoms with Crippen LogP contribution in [-0.4, -0.2) is 86.0 Å². The molecule has 0 unspecified atom stereocenters. The molecule has 0 spiro atoms. The Balaban J connectivity index is 1.37. The molecule has 1 N–H and O–H groups in total. The van der Waals surface area contributed by atoms with Crippen LogP contribution in [0.3, 0.4) is 0 Å². The molecule has 0 radical (unpaired) electrons. The summed E-state index contributed by atoms with van der Waals surface area (Å²) in [6.07, 6.45) is -4.56. The summed E-state index contributed by atoms with van der Waals surface area (Å²) in [6, 6.07) is 10.5. The van der Waals surface area contributed by atoms with Crippen LogP contribution < -0.4 is 10.1 Å². The zero-order valence-electron chi connectivity index (χ0n) is 19.4. The van der Waals surface area contributed by atoms with Crippen LogP contribution >= 0.6 is 0 Å². The van der Waals surface area contributed by atoms with Gasteiger partial charge in [-0.15, -0.1) is 0 Å². The first-order valence-electron chi connectivity index (χ1n) is 11.1. The summed E-state index contributed by atoms with van der Waals surface area (Å²) < 4.78 is 57.8. The molecule has 11 heteroatoms. The Morgan fingerprint density at radius 3 is 2.34 bits per heavy atom. The first-order chi connectivity index (χ1) is 16.6. The molecule has 0 saturated carbocycles. The van der Waals surface area contributed by atoms with E-state index < -0.39 is 17.6 Å². The van der Waals surface area contributed by atoms with Gasteiger partial charge < -0.3 is 15.0 Å². The van der Waals surface area contributed by atoms with Gasteiger partial charge in [-0.2, -0.15) is 13.2 Å². The lowest BCUT2D eigenvalue weighted by atomic mass is 10.1. The van der Waals surface area contributed by atoms with Gasteiger partial charge in [0, 0.05) is 32.7 Å². The molecule has 3 rings (SSSR count). The van der Waals surface area contributed by atoms with Crippen LogP contribution in [0.2, 0.25) is 0 Å². The molecular formula is C24H28F4N4O3. The second-order valence-electron chi connectivity index (χ2n) is 8.29. The summed E-state index contributed by atoms with van der Waals surface area (Å²) in [5.41, 5.74) is -1.17. The van der Waals surface area contributed by atoms with E-state index in [-0.39, 0.29) is 30.5 Å². The van der Waals surface area contributed by atoms with E-state index in [1.807, 2.05) is 4.90 Å². The molecule has 2 aromatic rings. The third-order valence-electron chi connectivity index (χ3n) is 5.56. The molecule has 1 heterocycles. The molecule has 1 aliphatic heterocycles. The van der Waals surface area contributed by atoms with Crippen molar-refractivity contribution in [2.45, 2.75) is 6.18 Å². The Hall–Kier alpha value is -3.18. The number of para-hydroxylation sites is 1. The molecule has 0 aromatic heterocycles. The minimum Gasteiger partial charge on any atom is -0.492 e. The quantitative estimate of drug-likeness (QED) is 0.541. The fourth-order valence-corrected chi connectivity index (χ4v) is 3.65. The number of likely N-dealkylation sites (N-methyl/N-ethyl adjacent to an activating group) is 1. The minimum absolute atomic E-state index is 0.0579. The number of amides is 2. The molecule has 0 aliphatic carbocycles. The standard InChI is InChI=1S/C24H28F4N4O3/c1-30(14-15-35-19-8-6-18(25)7-9-19)17-23(34)32-12-10-31(11-13-32)16-22(33)29-21-5-3-2-4-20(21)24(26,27)28/h2-9H,10-17H2,1H3,(H,29,33). The van der Waals surface area contributed by atoms with E-state index in [1.165, 1.54) is 42.5 Å². The molecule has 1 fully saturated rings. The zero-order valence-corrected chi connectivity index (χ0v) is 19.4. The number of alkyl halides is 3. The molecule has 2 amide bonds. The molecule has 0 bridgehead atoms. The maximum atomic E-state index is 13.1. The predicted molar refractivity (Wildman–Crippen MR) is 122 cm³/mol. The molecular weight excluding hydrogens is 468 g/mol. The summed E-state index contributed by atoms with van der Waals surface area (Å²) in [5, 5.41) is 2.34. The third kappa shape index (κ3) is 8.22. The number of piperazine rings is 1. The van der Waals surface area contributed by atoms with Crippen molar-refractivity contribution in [1.29, 1.82) is 0 Å².